The van der Waals surface area contributed by atoms with Crippen molar-refractivity contribution in [3.8, 4) is 16.9 Å². The van der Waals surface area contributed by atoms with Gasteiger partial charge in [0.2, 0.25) is 0 Å². The van der Waals surface area contributed by atoms with Crippen molar-refractivity contribution in [2.75, 3.05) is 0 Å². The predicted molar refractivity (Wildman–Crippen MR) is 105 cm³/mol. The van der Waals surface area contributed by atoms with Crippen molar-refractivity contribution >= 4 is 5.91 Å². The quantitative estimate of drug-likeness (QED) is 0.529. The standard InChI is InChI=1S/C22H19N3O3/c26-22(23-15-20-7-4-14-27-20)21-12-13-25(24-21)16-28-19-10-8-18(9-11-19)17-5-2-1-3-6-17/h1-14H,15-16H2,(H,23,26). The van der Waals surface area contributed by atoms with Gasteiger partial charge in [0.05, 0.1) is 12.8 Å². The van der Waals surface area contributed by atoms with Crippen LogP contribution in [0, 0.1) is 0 Å². The normalized spacial score (nSPS) is 10.6. The van der Waals surface area contributed by atoms with Gasteiger partial charge in [-0.25, -0.2) is 4.68 Å². The number of hydrogen-bond donors (Lipinski definition) is 1. The van der Waals surface area contributed by atoms with Gasteiger partial charge in [0, 0.05) is 6.20 Å². The Morgan fingerprint density at radius 2 is 1.75 bits per heavy atom. The number of ether oxygens (including phenoxy) is 1. The molecule has 0 radical (unpaired) electrons. The minimum atomic E-state index is -0.262. The average molecular weight is 373 g/mol. The highest BCUT2D eigenvalue weighted by Gasteiger charge is 2.10. The second kappa shape index (κ2) is 8.26. The van der Waals surface area contributed by atoms with Crippen LogP contribution in [-0.2, 0) is 13.3 Å². The number of rotatable bonds is 7. The van der Waals surface area contributed by atoms with E-state index in [9.17, 15) is 4.79 Å². The molecule has 28 heavy (non-hydrogen) atoms. The largest absolute Gasteiger partial charge is 0.471 e. The number of carbonyl (C=O) groups excluding carboxylic acids is 1. The summed E-state index contributed by atoms with van der Waals surface area (Å²) in [6.45, 7) is 0.541. The van der Waals surface area contributed by atoms with Crippen molar-refractivity contribution in [1.29, 1.82) is 0 Å². The first-order valence-corrected chi connectivity index (χ1v) is 8.90. The van der Waals surface area contributed by atoms with E-state index < -0.39 is 0 Å². The number of nitrogens with one attached hydrogen (secondary N) is 1. The number of aromatic nitrogens is 2. The Bertz CT molecular complexity index is 1020. The smallest absolute Gasteiger partial charge is 0.272 e. The van der Waals surface area contributed by atoms with Crippen LogP contribution in [0.5, 0.6) is 5.75 Å². The second-order valence-electron chi connectivity index (χ2n) is 6.17. The maximum atomic E-state index is 12.1. The van der Waals surface area contributed by atoms with E-state index in [0.717, 1.165) is 16.9 Å². The summed E-state index contributed by atoms with van der Waals surface area (Å²) in [6, 6.07) is 23.3. The lowest BCUT2D eigenvalue weighted by atomic mass is 10.1. The van der Waals surface area contributed by atoms with Crippen LogP contribution in [0.25, 0.3) is 11.1 Å². The second-order valence-corrected chi connectivity index (χ2v) is 6.17. The van der Waals surface area contributed by atoms with Gasteiger partial charge in [-0.2, -0.15) is 5.10 Å². The van der Waals surface area contributed by atoms with Crippen molar-refractivity contribution < 1.29 is 13.9 Å². The summed E-state index contributed by atoms with van der Waals surface area (Å²) in [5, 5.41) is 7.00. The highest BCUT2D eigenvalue weighted by Crippen LogP contribution is 2.22. The predicted octanol–water partition coefficient (Wildman–Crippen LogP) is 4.11. The molecule has 0 saturated heterocycles. The minimum Gasteiger partial charge on any atom is -0.471 e. The summed E-state index contributed by atoms with van der Waals surface area (Å²) in [4.78, 5) is 12.1. The third kappa shape index (κ3) is 4.29. The van der Waals surface area contributed by atoms with Crippen LogP contribution in [-0.4, -0.2) is 15.7 Å². The fraction of sp³-hybridized carbons (Fsp3) is 0.0909. The summed E-state index contributed by atoms with van der Waals surface area (Å²) in [6.07, 6.45) is 3.28. The van der Waals surface area contributed by atoms with Crippen molar-refractivity contribution in [3.63, 3.8) is 0 Å². The number of nitrogens with zero attached hydrogens (tertiary/aromatic N) is 2. The Hall–Kier alpha value is -3.80. The zero-order chi connectivity index (χ0) is 19.2. The van der Waals surface area contributed by atoms with E-state index >= 15 is 0 Å². The van der Waals surface area contributed by atoms with Gasteiger partial charge in [-0.1, -0.05) is 42.5 Å². The molecule has 0 fully saturated rings. The van der Waals surface area contributed by atoms with Gasteiger partial charge in [-0.15, -0.1) is 0 Å². The first-order valence-electron chi connectivity index (χ1n) is 8.90. The van der Waals surface area contributed by atoms with Gasteiger partial charge in [0.15, 0.2) is 6.73 Å². The fourth-order valence-electron chi connectivity index (χ4n) is 2.74. The molecule has 2 heterocycles. The Balaban J connectivity index is 1.31. The Labute approximate surface area is 162 Å². The van der Waals surface area contributed by atoms with Crippen LogP contribution in [0.3, 0.4) is 0 Å². The molecule has 0 aliphatic heterocycles. The van der Waals surface area contributed by atoms with E-state index in [2.05, 4.69) is 22.5 Å². The van der Waals surface area contributed by atoms with Gasteiger partial charge in [-0.3, -0.25) is 4.79 Å². The molecule has 0 unspecified atom stereocenters. The summed E-state index contributed by atoms with van der Waals surface area (Å²) in [5.74, 6) is 1.16. The molecule has 140 valence electrons. The van der Waals surface area contributed by atoms with Crippen LogP contribution in [0.4, 0.5) is 0 Å². The van der Waals surface area contributed by atoms with Crippen molar-refractivity contribution in [2.45, 2.75) is 13.3 Å². The molecule has 2 aromatic carbocycles. The average Bonchev–Trinajstić information content (AvgIpc) is 3.44. The van der Waals surface area contributed by atoms with Crippen molar-refractivity contribution in [2.24, 2.45) is 0 Å². The summed E-state index contributed by atoms with van der Waals surface area (Å²) < 4.78 is 12.5. The zero-order valence-electron chi connectivity index (χ0n) is 15.1. The molecule has 0 bridgehead atoms. The number of amides is 1. The first kappa shape index (κ1) is 17.6. The maximum absolute atomic E-state index is 12.1. The van der Waals surface area contributed by atoms with Gasteiger partial charge in [0.25, 0.3) is 5.91 Å². The van der Waals surface area contributed by atoms with E-state index in [4.69, 9.17) is 9.15 Å². The number of benzene rings is 2. The van der Waals surface area contributed by atoms with Gasteiger partial charge < -0.3 is 14.5 Å². The van der Waals surface area contributed by atoms with E-state index in [-0.39, 0.29) is 12.6 Å². The Kier molecular flexibility index (Phi) is 5.20. The monoisotopic (exact) mass is 373 g/mol. The molecule has 0 atom stereocenters. The summed E-state index contributed by atoms with van der Waals surface area (Å²) >= 11 is 0. The number of carbonyl (C=O) groups is 1. The van der Waals surface area contributed by atoms with Crippen LogP contribution in [0.1, 0.15) is 16.2 Å². The minimum absolute atomic E-state index is 0.218. The number of hydrogen-bond acceptors (Lipinski definition) is 4. The molecule has 0 spiro atoms. The lowest BCUT2D eigenvalue weighted by Gasteiger charge is -2.07. The molecule has 4 aromatic rings. The molecular weight excluding hydrogens is 354 g/mol. The summed E-state index contributed by atoms with van der Waals surface area (Å²) in [5.41, 5.74) is 2.61. The highest BCUT2D eigenvalue weighted by atomic mass is 16.5. The molecule has 6 nitrogen and oxygen atoms in total. The third-order valence-electron chi connectivity index (χ3n) is 4.20. The van der Waals surface area contributed by atoms with Gasteiger partial charge >= 0.3 is 0 Å². The molecule has 4 rings (SSSR count). The Morgan fingerprint density at radius 1 is 0.964 bits per heavy atom. The van der Waals surface area contributed by atoms with E-state index in [0.29, 0.717) is 18.0 Å². The molecule has 0 aliphatic rings. The third-order valence-corrected chi connectivity index (χ3v) is 4.20. The lowest BCUT2D eigenvalue weighted by molar-refractivity contribution is 0.0941. The first-order chi connectivity index (χ1) is 13.8. The van der Waals surface area contributed by atoms with Gasteiger partial charge in [0.1, 0.15) is 17.2 Å². The lowest BCUT2D eigenvalue weighted by Crippen LogP contribution is -2.23. The van der Waals surface area contributed by atoms with E-state index in [1.807, 2.05) is 42.5 Å². The van der Waals surface area contributed by atoms with Crippen LogP contribution in [0.15, 0.2) is 89.7 Å². The molecular formula is C22H19N3O3. The molecule has 0 saturated carbocycles. The van der Waals surface area contributed by atoms with E-state index in [1.165, 1.54) is 0 Å². The van der Waals surface area contributed by atoms with Crippen molar-refractivity contribution in [3.05, 3.63) is 96.7 Å². The van der Waals surface area contributed by atoms with Crippen LogP contribution >= 0.6 is 0 Å². The number of furan rings is 1. The van der Waals surface area contributed by atoms with Crippen molar-refractivity contribution in [1.82, 2.24) is 15.1 Å². The molecule has 1 N–H and O–H groups in total. The zero-order valence-corrected chi connectivity index (χ0v) is 15.1. The fourth-order valence-corrected chi connectivity index (χ4v) is 2.74. The highest BCUT2D eigenvalue weighted by molar-refractivity contribution is 5.92. The van der Waals surface area contributed by atoms with Crippen LogP contribution < -0.4 is 10.1 Å². The topological polar surface area (TPSA) is 69.3 Å². The Morgan fingerprint density at radius 3 is 2.50 bits per heavy atom. The van der Waals surface area contributed by atoms with Crippen LogP contribution in [0.2, 0.25) is 0 Å². The maximum Gasteiger partial charge on any atom is 0.272 e. The SMILES string of the molecule is O=C(NCc1ccco1)c1ccn(COc2ccc(-c3ccccc3)cc2)n1. The molecule has 6 heteroatoms. The molecule has 2 aromatic heterocycles. The van der Waals surface area contributed by atoms with E-state index in [1.54, 1.807) is 35.3 Å². The molecule has 1 amide bonds. The molecule has 0 aliphatic carbocycles. The van der Waals surface area contributed by atoms with Gasteiger partial charge in [-0.05, 0) is 41.5 Å². The summed E-state index contributed by atoms with van der Waals surface area (Å²) in [7, 11) is 0.